The van der Waals surface area contributed by atoms with Crippen molar-refractivity contribution in [2.45, 2.75) is 31.7 Å². The first kappa shape index (κ1) is 29.1. The Bertz CT molecular complexity index is 1490. The summed E-state index contributed by atoms with van der Waals surface area (Å²) < 4.78 is 12.8. The monoisotopic (exact) mass is 593 g/mol. The fourth-order valence-corrected chi connectivity index (χ4v) is 7.06. The number of carbonyl (C=O) groups is 1. The Kier molecular flexibility index (Phi) is 8.41. The van der Waals surface area contributed by atoms with Crippen molar-refractivity contribution in [1.29, 1.82) is 0 Å². The lowest BCUT2D eigenvalue weighted by molar-refractivity contribution is -0.111. The van der Waals surface area contributed by atoms with Gasteiger partial charge < -0.3 is 30.7 Å². The van der Waals surface area contributed by atoms with Crippen LogP contribution in [0.5, 0.6) is 0 Å². The number of nitrogens with zero attached hydrogens (tertiary/aromatic N) is 3. The summed E-state index contributed by atoms with van der Waals surface area (Å²) in [6.07, 6.45) is 7.61. The lowest BCUT2D eigenvalue weighted by Crippen LogP contribution is -2.58. The number of rotatable bonds is 9. The van der Waals surface area contributed by atoms with Crippen LogP contribution in [0.15, 0.2) is 61.3 Å². The zero-order valence-corrected chi connectivity index (χ0v) is 25.4. The molecule has 5 rings (SSSR count). The standard InChI is InChI=1S/C30H37ClN7O2P/c1-5-27(39)35-24-16-21(10-11-25(24)38-18-30(19-38)14-12-20(32-2)13-15-30)34-29-33-17-22(31)28(37-29)36-23-8-6-7-9-26(23)41(3,4)40/h5-11,16-17,20,32H,1,12-15,18-19H2,2-4H3,(H,35,39)(H2,33,34,36,37). The van der Waals surface area contributed by atoms with Gasteiger partial charge in [-0.15, -0.1) is 0 Å². The molecule has 1 aromatic heterocycles. The highest BCUT2D eigenvalue weighted by Crippen LogP contribution is 2.47. The van der Waals surface area contributed by atoms with Crippen molar-refractivity contribution >= 4 is 64.5 Å². The van der Waals surface area contributed by atoms with Crippen LogP contribution >= 0.6 is 18.7 Å². The fourth-order valence-electron chi connectivity index (χ4n) is 5.76. The van der Waals surface area contributed by atoms with Gasteiger partial charge >= 0.3 is 0 Å². The molecule has 41 heavy (non-hydrogen) atoms. The second-order valence-corrected chi connectivity index (χ2v) is 14.9. The Morgan fingerprint density at radius 2 is 1.85 bits per heavy atom. The van der Waals surface area contributed by atoms with E-state index in [0.717, 1.165) is 18.8 Å². The summed E-state index contributed by atoms with van der Waals surface area (Å²) in [6, 6.07) is 13.9. The van der Waals surface area contributed by atoms with Gasteiger partial charge in [0.25, 0.3) is 0 Å². The summed E-state index contributed by atoms with van der Waals surface area (Å²) in [5, 5.41) is 13.9. The second kappa shape index (κ2) is 11.8. The smallest absolute Gasteiger partial charge is 0.247 e. The SMILES string of the molecule is C=CC(=O)Nc1cc(Nc2ncc(Cl)c(Nc3ccccc3P(C)(C)=O)n2)ccc1N1CC2(CCC(NC)CC2)C1. The molecule has 1 saturated carbocycles. The molecule has 2 aromatic carbocycles. The van der Waals surface area contributed by atoms with E-state index >= 15 is 0 Å². The molecule has 2 aliphatic rings. The van der Waals surface area contributed by atoms with Crippen molar-refractivity contribution in [3.63, 3.8) is 0 Å². The third-order valence-electron chi connectivity index (χ3n) is 8.03. The molecule has 1 spiro atoms. The number of nitrogens with one attached hydrogen (secondary N) is 4. The molecule has 0 bridgehead atoms. The number of carbonyl (C=O) groups excluding carboxylic acids is 1. The number of halogens is 1. The molecule has 1 amide bonds. The largest absolute Gasteiger partial charge is 0.369 e. The molecule has 0 unspecified atom stereocenters. The summed E-state index contributed by atoms with van der Waals surface area (Å²) in [4.78, 5) is 23.6. The van der Waals surface area contributed by atoms with Crippen molar-refractivity contribution in [3.8, 4) is 0 Å². The molecule has 216 valence electrons. The number of para-hydroxylation sites is 1. The number of hydrogen-bond acceptors (Lipinski definition) is 8. The first-order chi connectivity index (χ1) is 19.6. The zero-order chi connectivity index (χ0) is 29.2. The van der Waals surface area contributed by atoms with E-state index in [1.165, 1.54) is 38.0 Å². The normalized spacial score (nSPS) is 16.6. The van der Waals surface area contributed by atoms with Gasteiger partial charge in [-0.1, -0.05) is 30.3 Å². The maximum absolute atomic E-state index is 12.8. The Labute approximate surface area is 246 Å². The van der Waals surface area contributed by atoms with Crippen molar-refractivity contribution in [2.24, 2.45) is 5.41 Å². The number of anilines is 6. The molecule has 0 atom stereocenters. The summed E-state index contributed by atoms with van der Waals surface area (Å²) in [7, 11) is -0.490. The van der Waals surface area contributed by atoms with E-state index in [9.17, 15) is 9.36 Å². The minimum atomic E-state index is -2.53. The van der Waals surface area contributed by atoms with Gasteiger partial charge in [-0.25, -0.2) is 4.98 Å². The van der Waals surface area contributed by atoms with E-state index in [-0.39, 0.29) is 5.91 Å². The lowest BCUT2D eigenvalue weighted by Gasteiger charge is -2.55. The average Bonchev–Trinajstić information content (AvgIpc) is 2.93. The van der Waals surface area contributed by atoms with Gasteiger partial charge in [0.1, 0.15) is 12.2 Å². The van der Waals surface area contributed by atoms with Crippen LogP contribution < -0.4 is 31.5 Å². The van der Waals surface area contributed by atoms with Gasteiger partial charge in [0, 0.05) is 35.5 Å². The molecule has 11 heteroatoms. The number of amides is 1. The molecule has 1 aliphatic heterocycles. The second-order valence-electron chi connectivity index (χ2n) is 11.4. The molecule has 1 aliphatic carbocycles. The Morgan fingerprint density at radius 3 is 2.54 bits per heavy atom. The van der Waals surface area contributed by atoms with E-state index in [1.54, 1.807) is 13.3 Å². The van der Waals surface area contributed by atoms with Crippen LogP contribution in [0.1, 0.15) is 25.7 Å². The van der Waals surface area contributed by atoms with E-state index in [4.69, 9.17) is 11.6 Å². The van der Waals surface area contributed by atoms with Crippen molar-refractivity contribution in [3.05, 3.63) is 66.3 Å². The van der Waals surface area contributed by atoms with Crippen LogP contribution in [-0.2, 0) is 9.36 Å². The summed E-state index contributed by atoms with van der Waals surface area (Å²) in [6.45, 7) is 9.02. The molecule has 1 saturated heterocycles. The molecule has 4 N–H and O–H groups in total. The molecular weight excluding hydrogens is 557 g/mol. The summed E-state index contributed by atoms with van der Waals surface area (Å²) in [5.74, 6) is 0.439. The topological polar surface area (TPSA) is 111 Å². The zero-order valence-electron chi connectivity index (χ0n) is 23.7. The van der Waals surface area contributed by atoms with E-state index in [1.807, 2.05) is 49.5 Å². The maximum atomic E-state index is 12.8. The van der Waals surface area contributed by atoms with Gasteiger partial charge in [0.2, 0.25) is 11.9 Å². The third kappa shape index (κ3) is 6.58. The molecular formula is C30H37ClN7O2P. The molecule has 9 nitrogen and oxygen atoms in total. The number of benzene rings is 2. The van der Waals surface area contributed by atoms with Gasteiger partial charge in [0.05, 0.1) is 23.3 Å². The first-order valence-electron chi connectivity index (χ1n) is 13.8. The third-order valence-corrected chi connectivity index (χ3v) is 9.85. The first-order valence-corrected chi connectivity index (χ1v) is 16.8. The number of aromatic nitrogens is 2. The predicted molar refractivity (Wildman–Crippen MR) is 170 cm³/mol. The van der Waals surface area contributed by atoms with Gasteiger partial charge in [-0.3, -0.25) is 4.79 Å². The molecule has 2 fully saturated rings. The average molecular weight is 594 g/mol. The maximum Gasteiger partial charge on any atom is 0.247 e. The van der Waals surface area contributed by atoms with Gasteiger partial charge in [-0.2, -0.15) is 4.98 Å². The fraction of sp³-hybridized carbons (Fsp3) is 0.367. The van der Waals surface area contributed by atoms with Crippen LogP contribution in [0.25, 0.3) is 0 Å². The lowest BCUT2D eigenvalue weighted by atomic mass is 9.67. The van der Waals surface area contributed by atoms with Crippen LogP contribution in [-0.4, -0.2) is 55.4 Å². The van der Waals surface area contributed by atoms with E-state index in [0.29, 0.717) is 50.6 Å². The Morgan fingerprint density at radius 1 is 1.12 bits per heavy atom. The summed E-state index contributed by atoms with van der Waals surface area (Å²) >= 11 is 6.42. The molecule has 3 aromatic rings. The van der Waals surface area contributed by atoms with Crippen molar-refractivity contribution in [2.75, 3.05) is 54.3 Å². The molecule has 0 radical (unpaired) electrons. The minimum Gasteiger partial charge on any atom is -0.369 e. The van der Waals surface area contributed by atoms with E-state index in [2.05, 4.69) is 42.7 Å². The van der Waals surface area contributed by atoms with Crippen LogP contribution in [0.4, 0.5) is 34.5 Å². The number of hydrogen-bond donors (Lipinski definition) is 4. The van der Waals surface area contributed by atoms with Crippen molar-refractivity contribution in [1.82, 2.24) is 15.3 Å². The highest BCUT2D eigenvalue weighted by atomic mass is 35.5. The van der Waals surface area contributed by atoms with Crippen LogP contribution in [0.3, 0.4) is 0 Å². The highest BCUT2D eigenvalue weighted by molar-refractivity contribution is 7.70. The van der Waals surface area contributed by atoms with E-state index < -0.39 is 7.14 Å². The Hall–Kier alpha value is -3.39. The Balaban J connectivity index is 1.35. The van der Waals surface area contributed by atoms with Gasteiger partial charge in [0.15, 0.2) is 5.82 Å². The van der Waals surface area contributed by atoms with Gasteiger partial charge in [-0.05, 0) is 82.5 Å². The van der Waals surface area contributed by atoms with Crippen molar-refractivity contribution < 1.29 is 9.36 Å². The minimum absolute atomic E-state index is 0.273. The highest BCUT2D eigenvalue weighted by Gasteiger charge is 2.45. The predicted octanol–water partition coefficient (Wildman–Crippen LogP) is 5.96. The quantitative estimate of drug-likeness (QED) is 0.178. The molecule has 2 heterocycles. The summed E-state index contributed by atoms with van der Waals surface area (Å²) in [5.41, 5.74) is 3.41. The van der Waals surface area contributed by atoms with Crippen LogP contribution in [0.2, 0.25) is 5.02 Å². The van der Waals surface area contributed by atoms with Crippen LogP contribution in [0, 0.1) is 5.41 Å².